The molecule has 1 heterocycles. The van der Waals surface area contributed by atoms with E-state index in [1.54, 1.807) is 11.3 Å². The molecule has 1 aromatic carbocycles. The number of aromatic nitrogens is 1. The third kappa shape index (κ3) is 3.48. The van der Waals surface area contributed by atoms with E-state index in [1.807, 2.05) is 25.1 Å². The highest BCUT2D eigenvalue weighted by molar-refractivity contribution is 7.18. The van der Waals surface area contributed by atoms with Crippen molar-refractivity contribution in [2.45, 2.75) is 38.1 Å². The molecule has 0 spiro atoms. The zero-order valence-electron chi connectivity index (χ0n) is 11.3. The monoisotopic (exact) mass is 311 g/mol. The van der Waals surface area contributed by atoms with Crippen molar-refractivity contribution >= 4 is 45.6 Å². The first-order valence-corrected chi connectivity index (χ1v) is 7.39. The largest absolute Gasteiger partial charge is 0.327 e. The average molecular weight is 312 g/mol. The minimum absolute atomic E-state index is 0. The van der Waals surface area contributed by atoms with Gasteiger partial charge in [0.1, 0.15) is 0 Å². The zero-order chi connectivity index (χ0) is 13.4. The topological polar surface area (TPSA) is 68.0 Å². The summed E-state index contributed by atoms with van der Waals surface area (Å²) in [6, 6.07) is 5.75. The van der Waals surface area contributed by atoms with Gasteiger partial charge in [0.05, 0.1) is 15.2 Å². The number of anilines is 1. The standard InChI is InChI=1S/C14H17N3OS.ClH/c1-8(15)6-13(18)16-10-4-5-11-12(7-10)19-14(17-11)9-2-3-9;/h4-5,7-9H,2-3,6,15H2,1H3,(H,16,18);1H. The third-order valence-corrected chi connectivity index (χ3v) is 4.30. The van der Waals surface area contributed by atoms with Crippen LogP contribution < -0.4 is 11.1 Å². The summed E-state index contributed by atoms with van der Waals surface area (Å²) in [5.41, 5.74) is 7.46. The van der Waals surface area contributed by atoms with Gasteiger partial charge in [0.25, 0.3) is 0 Å². The molecular weight excluding hydrogens is 294 g/mol. The predicted molar refractivity (Wildman–Crippen MR) is 85.7 cm³/mol. The summed E-state index contributed by atoms with van der Waals surface area (Å²) in [5, 5.41) is 4.11. The van der Waals surface area contributed by atoms with Crippen molar-refractivity contribution in [1.29, 1.82) is 0 Å². The van der Waals surface area contributed by atoms with Crippen molar-refractivity contribution in [3.05, 3.63) is 23.2 Å². The van der Waals surface area contributed by atoms with Crippen molar-refractivity contribution in [3.8, 4) is 0 Å². The zero-order valence-corrected chi connectivity index (χ0v) is 12.9. The third-order valence-electron chi connectivity index (χ3n) is 3.12. The minimum atomic E-state index is -0.117. The lowest BCUT2D eigenvalue weighted by atomic mass is 10.2. The minimum Gasteiger partial charge on any atom is -0.327 e. The first-order valence-electron chi connectivity index (χ1n) is 6.58. The molecule has 1 aliphatic rings. The summed E-state index contributed by atoms with van der Waals surface area (Å²) in [6.45, 7) is 1.83. The van der Waals surface area contributed by atoms with Crippen LogP contribution in [0.3, 0.4) is 0 Å². The average Bonchev–Trinajstić information content (AvgIpc) is 3.08. The van der Waals surface area contributed by atoms with Crippen molar-refractivity contribution in [2.24, 2.45) is 5.73 Å². The molecule has 0 bridgehead atoms. The number of rotatable bonds is 4. The lowest BCUT2D eigenvalue weighted by Crippen LogP contribution is -2.23. The summed E-state index contributed by atoms with van der Waals surface area (Å²) in [7, 11) is 0. The van der Waals surface area contributed by atoms with Gasteiger partial charge in [-0.3, -0.25) is 4.79 Å². The highest BCUT2D eigenvalue weighted by Gasteiger charge is 2.26. The van der Waals surface area contributed by atoms with Crippen LogP contribution in [0, 0.1) is 0 Å². The number of benzene rings is 1. The molecule has 1 saturated carbocycles. The molecular formula is C14H18ClN3OS. The van der Waals surface area contributed by atoms with Crippen LogP contribution in [0.25, 0.3) is 10.2 Å². The first kappa shape index (κ1) is 15.2. The number of nitrogens with one attached hydrogen (secondary N) is 1. The number of hydrogen-bond donors (Lipinski definition) is 2. The molecule has 6 heteroatoms. The van der Waals surface area contributed by atoms with E-state index in [-0.39, 0.29) is 24.4 Å². The molecule has 0 saturated heterocycles. The second-order valence-electron chi connectivity index (χ2n) is 5.24. The Morgan fingerprint density at radius 2 is 2.30 bits per heavy atom. The molecule has 0 radical (unpaired) electrons. The van der Waals surface area contributed by atoms with E-state index in [0.717, 1.165) is 15.9 Å². The number of amides is 1. The molecule has 1 amide bonds. The van der Waals surface area contributed by atoms with Gasteiger partial charge in [0.2, 0.25) is 5.91 Å². The maximum absolute atomic E-state index is 11.7. The molecule has 4 nitrogen and oxygen atoms in total. The summed E-state index contributed by atoms with van der Waals surface area (Å²) in [4.78, 5) is 16.3. The molecule has 1 unspecified atom stereocenters. The lowest BCUT2D eigenvalue weighted by molar-refractivity contribution is -0.116. The molecule has 1 fully saturated rings. The SMILES string of the molecule is CC(N)CC(=O)Nc1ccc2nc(C3CC3)sc2c1.Cl. The van der Waals surface area contributed by atoms with Crippen molar-refractivity contribution in [2.75, 3.05) is 5.32 Å². The van der Waals surface area contributed by atoms with Crippen LogP contribution in [0.4, 0.5) is 5.69 Å². The maximum atomic E-state index is 11.7. The van der Waals surface area contributed by atoms with E-state index in [0.29, 0.717) is 12.3 Å². The summed E-state index contributed by atoms with van der Waals surface area (Å²) in [6.07, 6.45) is 2.86. The van der Waals surface area contributed by atoms with E-state index in [4.69, 9.17) is 5.73 Å². The van der Waals surface area contributed by atoms with Gasteiger partial charge in [-0.2, -0.15) is 0 Å². The van der Waals surface area contributed by atoms with Crippen LogP contribution in [-0.2, 0) is 4.79 Å². The maximum Gasteiger partial charge on any atom is 0.225 e. The Morgan fingerprint density at radius 3 is 2.95 bits per heavy atom. The van der Waals surface area contributed by atoms with Gasteiger partial charge in [0.15, 0.2) is 0 Å². The number of halogens is 1. The summed E-state index contributed by atoms with van der Waals surface area (Å²) in [5.74, 6) is 0.634. The van der Waals surface area contributed by atoms with Gasteiger partial charge in [-0.25, -0.2) is 4.98 Å². The smallest absolute Gasteiger partial charge is 0.225 e. The highest BCUT2D eigenvalue weighted by atomic mass is 35.5. The van der Waals surface area contributed by atoms with E-state index < -0.39 is 0 Å². The number of hydrogen-bond acceptors (Lipinski definition) is 4. The van der Waals surface area contributed by atoms with E-state index in [9.17, 15) is 4.79 Å². The molecule has 20 heavy (non-hydrogen) atoms. The number of nitrogens with zero attached hydrogens (tertiary/aromatic N) is 1. The van der Waals surface area contributed by atoms with Crippen LogP contribution in [0.1, 0.15) is 37.1 Å². The molecule has 108 valence electrons. The Hall–Kier alpha value is -1.17. The Morgan fingerprint density at radius 1 is 1.55 bits per heavy atom. The van der Waals surface area contributed by atoms with Crippen LogP contribution >= 0.6 is 23.7 Å². The van der Waals surface area contributed by atoms with E-state index in [1.165, 1.54) is 17.8 Å². The van der Waals surface area contributed by atoms with Gasteiger partial charge in [-0.05, 0) is 38.0 Å². The van der Waals surface area contributed by atoms with Gasteiger partial charge >= 0.3 is 0 Å². The van der Waals surface area contributed by atoms with Gasteiger partial charge in [-0.15, -0.1) is 23.7 Å². The Bertz CT molecular complexity index is 622. The van der Waals surface area contributed by atoms with Crippen LogP contribution in [0.5, 0.6) is 0 Å². The molecule has 1 atom stereocenters. The van der Waals surface area contributed by atoms with Gasteiger partial charge < -0.3 is 11.1 Å². The lowest BCUT2D eigenvalue weighted by Gasteiger charge is -2.06. The number of carbonyl (C=O) groups excluding carboxylic acids is 1. The fraction of sp³-hybridized carbons (Fsp3) is 0.429. The van der Waals surface area contributed by atoms with Crippen molar-refractivity contribution < 1.29 is 4.79 Å². The van der Waals surface area contributed by atoms with Crippen molar-refractivity contribution in [3.63, 3.8) is 0 Å². The Labute approximate surface area is 128 Å². The molecule has 1 aromatic heterocycles. The second kappa shape index (κ2) is 6.08. The first-order chi connectivity index (χ1) is 9.11. The molecule has 2 aromatic rings. The van der Waals surface area contributed by atoms with Crippen LogP contribution in [-0.4, -0.2) is 16.9 Å². The summed E-state index contributed by atoms with van der Waals surface area (Å²) >= 11 is 1.74. The number of thiazole rings is 1. The quantitative estimate of drug-likeness (QED) is 0.910. The molecule has 3 rings (SSSR count). The Kier molecular flexibility index (Phi) is 4.62. The molecule has 1 aliphatic carbocycles. The normalized spacial score (nSPS) is 15.7. The fourth-order valence-corrected chi connectivity index (χ4v) is 3.21. The summed E-state index contributed by atoms with van der Waals surface area (Å²) < 4.78 is 1.14. The predicted octanol–water partition coefficient (Wildman–Crippen LogP) is 3.27. The number of nitrogens with two attached hydrogens (primary N) is 1. The number of carbonyl (C=O) groups is 1. The fourth-order valence-electron chi connectivity index (χ4n) is 2.03. The van der Waals surface area contributed by atoms with Crippen LogP contribution in [0.2, 0.25) is 0 Å². The van der Waals surface area contributed by atoms with E-state index in [2.05, 4.69) is 10.3 Å². The van der Waals surface area contributed by atoms with E-state index >= 15 is 0 Å². The Balaban J connectivity index is 0.00000147. The highest BCUT2D eigenvalue weighted by Crippen LogP contribution is 2.43. The molecule has 3 N–H and O–H groups in total. The molecule has 0 aliphatic heterocycles. The van der Waals surface area contributed by atoms with Gasteiger partial charge in [-0.1, -0.05) is 0 Å². The second-order valence-corrected chi connectivity index (χ2v) is 6.30. The number of fused-ring (bicyclic) bond motifs is 1. The van der Waals surface area contributed by atoms with Gasteiger partial charge in [0, 0.05) is 24.1 Å². The van der Waals surface area contributed by atoms with Crippen molar-refractivity contribution in [1.82, 2.24) is 4.98 Å². The van der Waals surface area contributed by atoms with Crippen LogP contribution in [0.15, 0.2) is 18.2 Å².